The zero-order valence-corrected chi connectivity index (χ0v) is 23.3. The number of benzene rings is 2. The summed E-state index contributed by atoms with van der Waals surface area (Å²) in [6, 6.07) is 18.7. The van der Waals surface area contributed by atoms with Crippen LogP contribution in [0.1, 0.15) is 56.7 Å². The quantitative estimate of drug-likeness (QED) is 0.290. The van der Waals surface area contributed by atoms with E-state index >= 15 is 0 Å². The monoisotopic (exact) mass is 512 g/mol. The van der Waals surface area contributed by atoms with Gasteiger partial charge in [0.15, 0.2) is 5.65 Å². The summed E-state index contributed by atoms with van der Waals surface area (Å²) in [6.07, 6.45) is 2.59. The molecular weight excluding hydrogens is 476 g/mol. The molecule has 0 unspecified atom stereocenters. The first-order valence-electron chi connectivity index (χ1n) is 13.1. The Balaban J connectivity index is 1.67. The Hall–Kier alpha value is -3.87. The number of carbonyl (C=O) groups is 1. The summed E-state index contributed by atoms with van der Waals surface area (Å²) in [5.74, 6) is 0.587. The van der Waals surface area contributed by atoms with Gasteiger partial charge in [0.05, 0.1) is 25.5 Å². The second kappa shape index (κ2) is 9.46. The van der Waals surface area contributed by atoms with Crippen LogP contribution >= 0.6 is 0 Å². The number of carbonyl (C=O) groups excluding carboxylic acids is 1. The summed E-state index contributed by atoms with van der Waals surface area (Å²) < 4.78 is 12.7. The van der Waals surface area contributed by atoms with E-state index in [9.17, 15) is 4.79 Å². The smallest absolute Gasteiger partial charge is 0.410 e. The molecule has 0 N–H and O–H groups in total. The average molecular weight is 513 g/mol. The first-order chi connectivity index (χ1) is 18.1. The van der Waals surface area contributed by atoms with E-state index in [1.807, 2.05) is 34.5 Å². The van der Waals surface area contributed by atoms with E-state index in [0.29, 0.717) is 5.88 Å². The lowest BCUT2D eigenvalue weighted by molar-refractivity contribution is -0.0384. The minimum atomic E-state index is -0.381. The fraction of sp³-hybridized carbons (Fsp3) is 0.387. The molecule has 1 fully saturated rings. The van der Waals surface area contributed by atoms with Crippen LogP contribution in [0.2, 0.25) is 0 Å². The zero-order valence-electron chi connectivity index (χ0n) is 23.3. The second-order valence-corrected chi connectivity index (χ2v) is 11.1. The molecule has 0 spiro atoms. The minimum absolute atomic E-state index is 0.293. The largest absolute Gasteiger partial charge is 0.480 e. The van der Waals surface area contributed by atoms with E-state index in [0.717, 1.165) is 64.1 Å². The Bertz CT molecular complexity index is 1480. The Morgan fingerprint density at radius 1 is 0.947 bits per heavy atom. The predicted molar refractivity (Wildman–Crippen MR) is 149 cm³/mol. The van der Waals surface area contributed by atoms with Crippen LogP contribution in [-0.2, 0) is 10.3 Å². The van der Waals surface area contributed by atoms with Crippen LogP contribution in [-0.4, -0.2) is 45.3 Å². The lowest BCUT2D eigenvalue weighted by Gasteiger charge is -2.55. The van der Waals surface area contributed by atoms with Gasteiger partial charge in [-0.15, -0.1) is 5.10 Å². The lowest BCUT2D eigenvalue weighted by Crippen LogP contribution is -2.61. The normalized spacial score (nSPS) is 14.7. The van der Waals surface area contributed by atoms with Crippen molar-refractivity contribution in [2.75, 3.05) is 14.2 Å². The molecule has 2 aromatic heterocycles. The Labute approximate surface area is 224 Å². The van der Waals surface area contributed by atoms with Crippen molar-refractivity contribution in [2.24, 2.45) is 0 Å². The van der Waals surface area contributed by atoms with Gasteiger partial charge >= 0.3 is 6.09 Å². The Morgan fingerprint density at radius 2 is 1.61 bits per heavy atom. The first-order valence-corrected chi connectivity index (χ1v) is 13.1. The van der Waals surface area contributed by atoms with E-state index in [4.69, 9.17) is 19.6 Å². The van der Waals surface area contributed by atoms with Crippen molar-refractivity contribution >= 4 is 11.7 Å². The van der Waals surface area contributed by atoms with Gasteiger partial charge in [0.1, 0.15) is 5.69 Å². The summed E-state index contributed by atoms with van der Waals surface area (Å²) in [4.78, 5) is 20.0. The number of hydrogen-bond acceptors (Lipinski definition) is 5. The summed E-state index contributed by atoms with van der Waals surface area (Å²) >= 11 is 0. The molecule has 0 atom stereocenters. The molecule has 5 rings (SSSR count). The highest BCUT2D eigenvalue weighted by molar-refractivity contribution is 5.83. The number of ether oxygens (including phenoxy) is 2. The molecule has 1 aliphatic rings. The van der Waals surface area contributed by atoms with Crippen LogP contribution in [0.5, 0.6) is 5.88 Å². The molecule has 2 aromatic carbocycles. The fourth-order valence-corrected chi connectivity index (χ4v) is 5.77. The third-order valence-electron chi connectivity index (χ3n) is 7.84. The van der Waals surface area contributed by atoms with Gasteiger partial charge in [0.2, 0.25) is 5.88 Å². The van der Waals surface area contributed by atoms with E-state index in [1.54, 1.807) is 7.11 Å². The Kier molecular flexibility index (Phi) is 6.41. The maximum absolute atomic E-state index is 12.9. The number of rotatable bonds is 5. The van der Waals surface area contributed by atoms with Crippen molar-refractivity contribution < 1.29 is 14.3 Å². The average Bonchev–Trinajstić information content (AvgIpc) is 3.27. The SMILES string of the molecule is COC(=O)N(C(C)(C)C)C1(c2ccc(-c3nc4c(C)c(C)c(OC)nn4c3-c3ccccc3)cc2)CCC1. The first kappa shape index (κ1) is 25.8. The summed E-state index contributed by atoms with van der Waals surface area (Å²) in [7, 11) is 3.10. The molecule has 38 heavy (non-hydrogen) atoms. The van der Waals surface area contributed by atoms with Gasteiger partial charge in [0.25, 0.3) is 0 Å². The molecule has 0 aliphatic heterocycles. The Morgan fingerprint density at radius 3 is 2.13 bits per heavy atom. The number of fused-ring (bicyclic) bond motifs is 1. The highest BCUT2D eigenvalue weighted by Crippen LogP contribution is 2.50. The summed E-state index contributed by atoms with van der Waals surface area (Å²) in [6.45, 7) is 10.2. The zero-order chi connectivity index (χ0) is 27.2. The predicted octanol–water partition coefficient (Wildman–Crippen LogP) is 6.93. The molecule has 0 bridgehead atoms. The van der Waals surface area contributed by atoms with Gasteiger partial charge in [-0.2, -0.15) is 0 Å². The molecule has 4 aromatic rings. The van der Waals surface area contributed by atoms with Crippen LogP contribution in [0.25, 0.3) is 28.2 Å². The number of hydrogen-bond donors (Lipinski definition) is 0. The van der Waals surface area contributed by atoms with E-state index < -0.39 is 0 Å². The number of amides is 1. The van der Waals surface area contributed by atoms with Gasteiger partial charge < -0.3 is 9.47 Å². The van der Waals surface area contributed by atoms with Crippen LogP contribution < -0.4 is 4.74 Å². The van der Waals surface area contributed by atoms with Gasteiger partial charge in [-0.05, 0) is 59.4 Å². The van der Waals surface area contributed by atoms with Gasteiger partial charge in [-0.25, -0.2) is 14.3 Å². The molecular formula is C31H36N4O3. The topological polar surface area (TPSA) is 69.0 Å². The second-order valence-electron chi connectivity index (χ2n) is 11.1. The van der Waals surface area contributed by atoms with Gasteiger partial charge in [0, 0.05) is 27.8 Å². The highest BCUT2D eigenvalue weighted by atomic mass is 16.5. The number of nitrogens with zero attached hydrogens (tertiary/aromatic N) is 4. The fourth-order valence-electron chi connectivity index (χ4n) is 5.77. The molecule has 198 valence electrons. The van der Waals surface area contributed by atoms with Gasteiger partial charge in [-0.3, -0.25) is 4.90 Å². The molecule has 7 heteroatoms. The van der Waals surface area contributed by atoms with Crippen molar-refractivity contribution in [3.05, 3.63) is 71.3 Å². The minimum Gasteiger partial charge on any atom is -0.480 e. The summed E-state index contributed by atoms with van der Waals surface area (Å²) in [5.41, 5.74) is 6.95. The van der Waals surface area contributed by atoms with Crippen molar-refractivity contribution in [2.45, 2.75) is 65.0 Å². The van der Waals surface area contributed by atoms with Crippen LogP contribution in [0.3, 0.4) is 0 Å². The number of imidazole rings is 1. The molecule has 2 heterocycles. The lowest BCUT2D eigenvalue weighted by atomic mass is 9.69. The maximum Gasteiger partial charge on any atom is 0.410 e. The molecule has 1 saturated carbocycles. The third-order valence-corrected chi connectivity index (χ3v) is 7.84. The third kappa shape index (κ3) is 4.01. The molecule has 1 aliphatic carbocycles. The number of aryl methyl sites for hydroxylation is 1. The van der Waals surface area contributed by atoms with Crippen molar-refractivity contribution in [3.8, 4) is 28.4 Å². The van der Waals surface area contributed by atoms with Crippen molar-refractivity contribution in [3.63, 3.8) is 0 Å². The molecule has 0 radical (unpaired) electrons. The van der Waals surface area contributed by atoms with Crippen molar-refractivity contribution in [1.82, 2.24) is 19.5 Å². The molecule has 7 nitrogen and oxygen atoms in total. The van der Waals surface area contributed by atoms with E-state index in [1.165, 1.54) is 7.11 Å². The molecule has 0 saturated heterocycles. The number of methoxy groups -OCH3 is 2. The van der Waals surface area contributed by atoms with Crippen molar-refractivity contribution in [1.29, 1.82) is 0 Å². The summed E-state index contributed by atoms with van der Waals surface area (Å²) in [5, 5.41) is 4.81. The van der Waals surface area contributed by atoms with E-state index in [-0.39, 0.29) is 17.2 Å². The maximum atomic E-state index is 12.9. The molecule has 1 amide bonds. The van der Waals surface area contributed by atoms with Crippen LogP contribution in [0.4, 0.5) is 4.79 Å². The van der Waals surface area contributed by atoms with E-state index in [2.05, 4.69) is 64.1 Å². The van der Waals surface area contributed by atoms with Gasteiger partial charge in [-0.1, -0.05) is 54.6 Å². The van der Waals surface area contributed by atoms with Crippen LogP contribution in [0.15, 0.2) is 54.6 Å². The standard InChI is InChI=1S/C31H36N4O3/c1-20-21(2)28(37-6)33-34-26(23-12-9-8-10-13-23)25(32-27(20)34)22-14-16-24(17-15-22)31(18-11-19-31)35(29(36)38-7)30(3,4)5/h8-10,12-17H,11,18-19H2,1-7H3. The highest BCUT2D eigenvalue weighted by Gasteiger charge is 2.51. The number of aromatic nitrogens is 3. The van der Waals surface area contributed by atoms with Crippen LogP contribution in [0, 0.1) is 13.8 Å².